The number of carbonyl (C=O) groups excluding carboxylic acids is 1. The summed E-state index contributed by atoms with van der Waals surface area (Å²) in [6, 6.07) is 11.2. The van der Waals surface area contributed by atoms with Crippen molar-refractivity contribution < 1.29 is 4.79 Å². The molecule has 0 spiro atoms. The van der Waals surface area contributed by atoms with Crippen LogP contribution < -0.4 is 5.32 Å². The number of hydrogen-bond acceptors (Lipinski definition) is 1. The fourth-order valence-electron chi connectivity index (χ4n) is 4.24. The average molecular weight is 325 g/mol. The predicted octanol–water partition coefficient (Wildman–Crippen LogP) is 4.39. The van der Waals surface area contributed by atoms with Crippen LogP contribution in [0.4, 0.5) is 4.79 Å². The number of benzene rings is 1. The van der Waals surface area contributed by atoms with Gasteiger partial charge in [-0.3, -0.25) is 0 Å². The fraction of sp³-hybridized carbons (Fsp3) is 0.550. The molecule has 0 radical (unpaired) electrons. The third kappa shape index (κ3) is 3.28. The van der Waals surface area contributed by atoms with Crippen LogP contribution in [0.3, 0.4) is 0 Å². The third-order valence-corrected chi connectivity index (χ3v) is 5.63. The molecule has 1 unspecified atom stereocenters. The zero-order valence-electron chi connectivity index (χ0n) is 14.3. The van der Waals surface area contributed by atoms with E-state index in [9.17, 15) is 4.79 Å². The van der Waals surface area contributed by atoms with E-state index >= 15 is 0 Å². The molecule has 2 amide bonds. The molecule has 1 atom stereocenters. The Labute approximate surface area is 143 Å². The van der Waals surface area contributed by atoms with Crippen LogP contribution in [-0.4, -0.2) is 35.0 Å². The van der Waals surface area contributed by atoms with Crippen molar-refractivity contribution in [2.45, 2.75) is 56.9 Å². The molecule has 4 nitrogen and oxygen atoms in total. The van der Waals surface area contributed by atoms with Crippen molar-refractivity contribution in [1.29, 1.82) is 0 Å². The molecule has 0 bridgehead atoms. The van der Waals surface area contributed by atoms with Crippen LogP contribution in [0.25, 0.3) is 10.9 Å². The summed E-state index contributed by atoms with van der Waals surface area (Å²) in [6.07, 6.45) is 8.35. The first kappa shape index (κ1) is 15.6. The van der Waals surface area contributed by atoms with Gasteiger partial charge in [-0.25, -0.2) is 4.79 Å². The molecule has 2 N–H and O–H groups in total. The van der Waals surface area contributed by atoms with Gasteiger partial charge in [0.05, 0.1) is 0 Å². The summed E-state index contributed by atoms with van der Waals surface area (Å²) < 4.78 is 0. The molecule has 4 rings (SSSR count). The first-order chi connectivity index (χ1) is 11.8. The Morgan fingerprint density at radius 1 is 1.08 bits per heavy atom. The number of aromatic nitrogens is 1. The van der Waals surface area contributed by atoms with Gasteiger partial charge in [0.15, 0.2) is 0 Å². The maximum absolute atomic E-state index is 12.6. The van der Waals surface area contributed by atoms with E-state index in [4.69, 9.17) is 0 Å². The minimum atomic E-state index is 0.141. The van der Waals surface area contributed by atoms with E-state index in [1.807, 2.05) is 4.90 Å². The van der Waals surface area contributed by atoms with Crippen LogP contribution in [0.5, 0.6) is 0 Å². The monoisotopic (exact) mass is 325 g/mol. The number of likely N-dealkylation sites (tertiary alicyclic amines) is 1. The SMILES string of the molecule is O=C(NC1CCCCC1)N1CCCC(c2cc3ccccc3[nH]2)C1. The predicted molar refractivity (Wildman–Crippen MR) is 97.3 cm³/mol. The number of fused-ring (bicyclic) bond motifs is 1. The van der Waals surface area contributed by atoms with Crippen LogP contribution in [0.15, 0.2) is 30.3 Å². The summed E-state index contributed by atoms with van der Waals surface area (Å²) in [5.41, 5.74) is 2.46. The summed E-state index contributed by atoms with van der Waals surface area (Å²) in [5.74, 6) is 0.420. The second-order valence-corrected chi connectivity index (χ2v) is 7.38. The molecule has 1 saturated carbocycles. The number of rotatable bonds is 2. The van der Waals surface area contributed by atoms with E-state index in [0.29, 0.717) is 12.0 Å². The van der Waals surface area contributed by atoms with Crippen LogP contribution >= 0.6 is 0 Å². The van der Waals surface area contributed by atoms with Gasteiger partial charge in [0.2, 0.25) is 0 Å². The normalized spacial score (nSPS) is 22.7. The molecule has 1 aliphatic heterocycles. The lowest BCUT2D eigenvalue weighted by atomic mass is 9.94. The van der Waals surface area contributed by atoms with Crippen molar-refractivity contribution in [1.82, 2.24) is 15.2 Å². The number of hydrogen-bond donors (Lipinski definition) is 2. The van der Waals surface area contributed by atoms with Crippen molar-refractivity contribution in [3.8, 4) is 0 Å². The summed E-state index contributed by atoms with van der Waals surface area (Å²) in [7, 11) is 0. The second kappa shape index (κ2) is 6.88. The number of piperidine rings is 1. The summed E-state index contributed by atoms with van der Waals surface area (Å²) in [6.45, 7) is 1.71. The lowest BCUT2D eigenvalue weighted by Crippen LogP contribution is -2.48. The maximum atomic E-state index is 12.6. The molecule has 1 aromatic carbocycles. The first-order valence-electron chi connectivity index (χ1n) is 9.43. The van der Waals surface area contributed by atoms with Crippen molar-refractivity contribution in [3.05, 3.63) is 36.0 Å². The molecule has 4 heteroatoms. The number of para-hydroxylation sites is 1. The average Bonchev–Trinajstić information content (AvgIpc) is 3.07. The minimum absolute atomic E-state index is 0.141. The van der Waals surface area contributed by atoms with Crippen molar-refractivity contribution in [2.24, 2.45) is 0 Å². The van der Waals surface area contributed by atoms with Gasteiger partial charge in [-0.15, -0.1) is 0 Å². The largest absolute Gasteiger partial charge is 0.358 e. The minimum Gasteiger partial charge on any atom is -0.358 e. The Kier molecular flexibility index (Phi) is 4.46. The highest BCUT2D eigenvalue weighted by Gasteiger charge is 2.27. The Morgan fingerprint density at radius 3 is 2.75 bits per heavy atom. The lowest BCUT2D eigenvalue weighted by molar-refractivity contribution is 0.172. The summed E-state index contributed by atoms with van der Waals surface area (Å²) in [4.78, 5) is 18.2. The van der Waals surface area contributed by atoms with Crippen molar-refractivity contribution >= 4 is 16.9 Å². The van der Waals surface area contributed by atoms with Crippen LogP contribution in [0.1, 0.15) is 56.6 Å². The number of aromatic amines is 1. The van der Waals surface area contributed by atoms with E-state index < -0.39 is 0 Å². The quantitative estimate of drug-likeness (QED) is 0.845. The molecule has 2 fully saturated rings. The molecular weight excluding hydrogens is 298 g/mol. The Morgan fingerprint density at radius 2 is 1.92 bits per heavy atom. The van der Waals surface area contributed by atoms with Gasteiger partial charge in [0.1, 0.15) is 0 Å². The molecule has 1 aliphatic carbocycles. The topological polar surface area (TPSA) is 48.1 Å². The number of amides is 2. The zero-order chi connectivity index (χ0) is 16.4. The van der Waals surface area contributed by atoms with Gasteiger partial charge in [0, 0.05) is 36.3 Å². The highest BCUT2D eigenvalue weighted by molar-refractivity contribution is 5.80. The number of carbonyl (C=O) groups is 1. The fourth-order valence-corrected chi connectivity index (χ4v) is 4.24. The smallest absolute Gasteiger partial charge is 0.317 e. The molecule has 2 aliphatic rings. The zero-order valence-corrected chi connectivity index (χ0v) is 14.3. The van der Waals surface area contributed by atoms with E-state index in [1.165, 1.54) is 35.9 Å². The molecule has 2 aromatic rings. The molecule has 1 saturated heterocycles. The van der Waals surface area contributed by atoms with Crippen molar-refractivity contribution in [2.75, 3.05) is 13.1 Å². The Balaban J connectivity index is 1.42. The Bertz CT molecular complexity index is 669. The van der Waals surface area contributed by atoms with Gasteiger partial charge >= 0.3 is 6.03 Å². The molecular formula is C20H27N3O. The van der Waals surface area contributed by atoms with Crippen LogP contribution in [-0.2, 0) is 0 Å². The van der Waals surface area contributed by atoms with E-state index in [1.54, 1.807) is 0 Å². The molecule has 2 heterocycles. The van der Waals surface area contributed by atoms with Gasteiger partial charge in [-0.1, -0.05) is 37.5 Å². The standard InChI is InChI=1S/C20H27N3O/c24-20(21-17-9-2-1-3-10-17)23-12-6-8-16(14-23)19-13-15-7-4-5-11-18(15)22-19/h4-5,7,11,13,16-17,22H,1-3,6,8-10,12,14H2,(H,21,24). The first-order valence-corrected chi connectivity index (χ1v) is 9.43. The van der Waals surface area contributed by atoms with Gasteiger partial charge in [-0.05, 0) is 43.2 Å². The molecule has 24 heavy (non-hydrogen) atoms. The van der Waals surface area contributed by atoms with Gasteiger partial charge < -0.3 is 15.2 Å². The van der Waals surface area contributed by atoms with Crippen LogP contribution in [0, 0.1) is 0 Å². The number of nitrogens with zero attached hydrogens (tertiary/aromatic N) is 1. The van der Waals surface area contributed by atoms with E-state index in [-0.39, 0.29) is 6.03 Å². The Hall–Kier alpha value is -1.97. The second-order valence-electron chi connectivity index (χ2n) is 7.38. The van der Waals surface area contributed by atoms with Crippen molar-refractivity contribution in [3.63, 3.8) is 0 Å². The van der Waals surface area contributed by atoms with Gasteiger partial charge in [0.25, 0.3) is 0 Å². The number of nitrogens with one attached hydrogen (secondary N) is 2. The van der Waals surface area contributed by atoms with Gasteiger partial charge in [-0.2, -0.15) is 0 Å². The summed E-state index contributed by atoms with van der Waals surface area (Å²) >= 11 is 0. The molecule has 128 valence electrons. The highest BCUT2D eigenvalue weighted by Crippen LogP contribution is 2.29. The number of urea groups is 1. The van der Waals surface area contributed by atoms with Crippen LogP contribution in [0.2, 0.25) is 0 Å². The number of H-pyrrole nitrogens is 1. The highest BCUT2D eigenvalue weighted by atomic mass is 16.2. The summed E-state index contributed by atoms with van der Waals surface area (Å²) in [5, 5.41) is 4.52. The maximum Gasteiger partial charge on any atom is 0.317 e. The third-order valence-electron chi connectivity index (χ3n) is 5.63. The van der Waals surface area contributed by atoms with E-state index in [0.717, 1.165) is 38.8 Å². The van der Waals surface area contributed by atoms with E-state index in [2.05, 4.69) is 40.6 Å². The lowest BCUT2D eigenvalue weighted by Gasteiger charge is -2.34. The molecule has 1 aromatic heterocycles.